The molecular weight excluding hydrogens is 490 g/mol. The molecule has 0 atom stereocenters. The van der Waals surface area contributed by atoms with Gasteiger partial charge in [-0.15, -0.1) is 0 Å². The maximum atomic E-state index is 2.47. The summed E-state index contributed by atoms with van der Waals surface area (Å²) in [4.78, 5) is 4.47. The van der Waals surface area contributed by atoms with E-state index in [1.54, 1.807) is 14.4 Å². The quantitative estimate of drug-likeness (QED) is 0.555. The maximum Gasteiger partial charge on any atom is -1.00 e. The molecular formula is C25H31Cl2N2Zr. The van der Waals surface area contributed by atoms with Gasteiger partial charge >= 0.3 is 179 Å². The first-order chi connectivity index (χ1) is 13.4. The Kier molecular flexibility index (Phi) is 8.47. The fourth-order valence-electron chi connectivity index (χ4n) is 4.68. The van der Waals surface area contributed by atoms with Crippen LogP contribution >= 0.6 is 0 Å². The molecule has 0 fully saturated rings. The van der Waals surface area contributed by atoms with Crippen LogP contribution in [-0.2, 0) is 21.8 Å². The summed E-state index contributed by atoms with van der Waals surface area (Å²) in [5.41, 5.74) is 8.70. The molecule has 0 heterocycles. The van der Waals surface area contributed by atoms with Gasteiger partial charge in [-0.1, -0.05) is 0 Å². The van der Waals surface area contributed by atoms with Gasteiger partial charge in [-0.25, -0.2) is 0 Å². The molecule has 0 N–H and O–H groups in total. The molecule has 30 heavy (non-hydrogen) atoms. The topological polar surface area (TPSA) is 6.48 Å². The molecule has 0 saturated heterocycles. The smallest absolute Gasteiger partial charge is 1.00 e. The van der Waals surface area contributed by atoms with Crippen LogP contribution < -0.4 is 34.6 Å². The van der Waals surface area contributed by atoms with Crippen molar-refractivity contribution < 1.29 is 46.6 Å². The second kappa shape index (κ2) is 10.1. The molecule has 0 radical (unpaired) electrons. The van der Waals surface area contributed by atoms with Crippen molar-refractivity contribution in [1.29, 1.82) is 0 Å². The van der Waals surface area contributed by atoms with Crippen molar-refractivity contribution in [2.45, 2.75) is 27.5 Å². The van der Waals surface area contributed by atoms with Gasteiger partial charge in [0.2, 0.25) is 0 Å². The summed E-state index contributed by atoms with van der Waals surface area (Å²) in [6, 6.07) is 14.2. The van der Waals surface area contributed by atoms with E-state index in [4.69, 9.17) is 0 Å². The zero-order valence-electron chi connectivity index (χ0n) is 18.7. The van der Waals surface area contributed by atoms with E-state index >= 15 is 0 Å². The van der Waals surface area contributed by atoms with Crippen LogP contribution in [0.2, 0.25) is 3.63 Å². The molecule has 2 aromatic rings. The minimum absolute atomic E-state index is 0. The third-order valence-electron chi connectivity index (χ3n) is 6.09. The Morgan fingerprint density at radius 3 is 1.70 bits per heavy atom. The van der Waals surface area contributed by atoms with Crippen molar-refractivity contribution in [1.82, 2.24) is 0 Å². The van der Waals surface area contributed by atoms with E-state index in [0.29, 0.717) is 3.63 Å². The number of rotatable bonds is 5. The van der Waals surface area contributed by atoms with E-state index in [-0.39, 0.29) is 24.8 Å². The van der Waals surface area contributed by atoms with Crippen LogP contribution in [0, 0.1) is 0 Å². The van der Waals surface area contributed by atoms with Gasteiger partial charge in [0, 0.05) is 0 Å². The normalized spacial score (nSPS) is 13.9. The predicted molar refractivity (Wildman–Crippen MR) is 119 cm³/mol. The molecule has 4 rings (SSSR count). The summed E-state index contributed by atoms with van der Waals surface area (Å²) in [6.45, 7) is 4.94. The number of hydrogen-bond donors (Lipinski definition) is 0. The summed E-state index contributed by atoms with van der Waals surface area (Å²) in [7, 11) is 8.59. The molecule has 0 amide bonds. The number of allylic oxidation sites excluding steroid dienone is 4. The Labute approximate surface area is 202 Å². The molecule has 5 heteroatoms. The Bertz CT molecular complexity index is 906. The van der Waals surface area contributed by atoms with E-state index in [1.165, 1.54) is 28.9 Å². The second-order valence-corrected chi connectivity index (χ2v) is 16.8. The van der Waals surface area contributed by atoms with Gasteiger partial charge in [-0.3, -0.25) is 0 Å². The molecule has 2 nitrogen and oxygen atoms in total. The zero-order valence-corrected chi connectivity index (χ0v) is 22.7. The summed E-state index contributed by atoms with van der Waals surface area (Å²) in [6.07, 6.45) is 8.25. The van der Waals surface area contributed by atoms with Crippen LogP contribution in [-0.4, -0.2) is 28.2 Å². The van der Waals surface area contributed by atoms with Gasteiger partial charge in [0.25, 0.3) is 0 Å². The molecule has 0 aliphatic heterocycles. The first kappa shape index (κ1) is 25.2. The van der Waals surface area contributed by atoms with Crippen LogP contribution in [0.3, 0.4) is 0 Å². The number of fused-ring (bicyclic) bond motifs is 3. The fourth-order valence-corrected chi connectivity index (χ4v) is 13.5. The van der Waals surface area contributed by atoms with Crippen LogP contribution in [0.25, 0.3) is 11.1 Å². The average Bonchev–Trinajstić information content (AvgIpc) is 3.28. The van der Waals surface area contributed by atoms with Crippen molar-refractivity contribution in [3.8, 4) is 11.1 Å². The predicted octanol–water partition coefficient (Wildman–Crippen LogP) is 0.187. The van der Waals surface area contributed by atoms with Crippen LogP contribution in [0.15, 0.2) is 57.9 Å². The van der Waals surface area contributed by atoms with Gasteiger partial charge in [0.15, 0.2) is 0 Å². The van der Waals surface area contributed by atoms with Crippen molar-refractivity contribution in [3.63, 3.8) is 0 Å². The van der Waals surface area contributed by atoms with E-state index in [1.807, 2.05) is 0 Å². The van der Waals surface area contributed by atoms with E-state index in [0.717, 1.165) is 3.63 Å². The van der Waals surface area contributed by atoms with Crippen molar-refractivity contribution >= 4 is 11.4 Å². The summed E-state index contributed by atoms with van der Waals surface area (Å²) in [5, 5.41) is 0. The molecule has 159 valence electrons. The Hall–Kier alpha value is -1.02. The van der Waals surface area contributed by atoms with Crippen LogP contribution in [0.5, 0.6) is 0 Å². The molecule has 2 aliphatic carbocycles. The van der Waals surface area contributed by atoms with E-state index in [9.17, 15) is 0 Å². The Balaban J connectivity index is 0.00000160. The summed E-state index contributed by atoms with van der Waals surface area (Å²) < 4.78 is 3.16. The third-order valence-corrected chi connectivity index (χ3v) is 14.9. The molecule has 0 saturated carbocycles. The Morgan fingerprint density at radius 1 is 0.833 bits per heavy atom. The first-order valence-corrected chi connectivity index (χ1v) is 14.3. The number of benzene rings is 2. The number of halogens is 2. The van der Waals surface area contributed by atoms with E-state index < -0.39 is 21.8 Å². The van der Waals surface area contributed by atoms with Gasteiger partial charge in [-0.05, 0) is 0 Å². The number of hydrogen-bond acceptors (Lipinski definition) is 2. The minimum Gasteiger partial charge on any atom is -1.00 e. The van der Waals surface area contributed by atoms with E-state index in [2.05, 4.69) is 106 Å². The zero-order chi connectivity index (χ0) is 20.0. The van der Waals surface area contributed by atoms with Crippen LogP contribution in [0.1, 0.15) is 35.0 Å². The standard InChI is InChI=1S/C17H19N2.C5H5.C3H7.2ClH.Zr/c1-18(2)14-5-7-16-12(10-14)9-13-11-15(19(3)4)6-8-17(13)16;1-2-4-5-3-1;1-3-2;;;/h5-11H,1-4H3;1-3H,4H2;3H,1-2H3;2*1H;/q;;;;;+2/p-2. The number of anilines is 2. The van der Waals surface area contributed by atoms with Crippen molar-refractivity contribution in [3.05, 3.63) is 69.0 Å². The molecule has 0 aromatic heterocycles. The largest absolute Gasteiger partial charge is 1.00 e. The second-order valence-electron chi connectivity index (χ2n) is 8.70. The first-order valence-electron chi connectivity index (χ1n) is 10.2. The molecule has 2 aliphatic rings. The Morgan fingerprint density at radius 2 is 1.33 bits per heavy atom. The average molecular weight is 522 g/mol. The van der Waals surface area contributed by atoms with Gasteiger partial charge in [0.05, 0.1) is 0 Å². The molecule has 0 spiro atoms. The fraction of sp³-hybridized carbons (Fsp3) is 0.360. The number of nitrogens with zero attached hydrogens (tertiary/aromatic N) is 2. The monoisotopic (exact) mass is 519 g/mol. The van der Waals surface area contributed by atoms with Crippen LogP contribution in [0.4, 0.5) is 11.4 Å². The van der Waals surface area contributed by atoms with Gasteiger partial charge in [-0.2, -0.15) is 0 Å². The van der Waals surface area contributed by atoms with Crippen molar-refractivity contribution in [2.75, 3.05) is 38.0 Å². The third kappa shape index (κ3) is 4.45. The minimum atomic E-state index is -1.96. The SMILES string of the molecule is C[CH](C)[Zr+2]([C]1=CC=CC1)[CH]1c2cc(N(C)C)ccc2-c2ccc(N(C)C)cc21.[Cl-].[Cl-]. The summed E-state index contributed by atoms with van der Waals surface area (Å²) >= 11 is -1.96. The molecule has 0 unspecified atom stereocenters. The maximum absolute atomic E-state index is 2.47. The van der Waals surface area contributed by atoms with Crippen molar-refractivity contribution in [2.24, 2.45) is 0 Å². The van der Waals surface area contributed by atoms with Gasteiger partial charge < -0.3 is 24.8 Å². The van der Waals surface area contributed by atoms with Gasteiger partial charge in [0.1, 0.15) is 0 Å². The molecule has 0 bridgehead atoms. The summed E-state index contributed by atoms with van der Waals surface area (Å²) in [5.74, 6) is 0. The molecule has 2 aromatic carbocycles.